The topological polar surface area (TPSA) is 61.5 Å². The van der Waals surface area contributed by atoms with Crippen LogP contribution in [0.1, 0.15) is 24.2 Å². The Morgan fingerprint density at radius 3 is 2.78 bits per heavy atom. The van der Waals surface area contributed by atoms with E-state index in [9.17, 15) is 4.79 Å². The van der Waals surface area contributed by atoms with Crippen molar-refractivity contribution in [3.8, 4) is 0 Å². The Balaban J connectivity index is 2.39. The van der Waals surface area contributed by atoms with E-state index in [2.05, 4.69) is 13.8 Å². The summed E-state index contributed by atoms with van der Waals surface area (Å²) in [6.45, 7) is 5.34. The molecule has 0 aliphatic heterocycles. The average molecular weight is 272 g/mol. The first-order valence-corrected chi connectivity index (χ1v) is 6.18. The van der Waals surface area contributed by atoms with Gasteiger partial charge in [0.1, 0.15) is 6.61 Å². The molecule has 0 saturated heterocycles. The maximum absolute atomic E-state index is 11.7. The van der Waals surface area contributed by atoms with Crippen LogP contribution in [-0.4, -0.2) is 25.8 Å². The molecule has 100 valence electrons. The van der Waals surface area contributed by atoms with Crippen molar-refractivity contribution in [3.05, 3.63) is 28.8 Å². The molecule has 18 heavy (non-hydrogen) atoms. The molecule has 0 spiro atoms. The normalized spacial score (nSPS) is 10.7. The maximum Gasteiger partial charge on any atom is 0.340 e. The van der Waals surface area contributed by atoms with Gasteiger partial charge in [0.2, 0.25) is 0 Å². The number of hydrogen-bond donors (Lipinski definition) is 1. The van der Waals surface area contributed by atoms with Crippen LogP contribution in [0.4, 0.5) is 5.69 Å². The summed E-state index contributed by atoms with van der Waals surface area (Å²) in [5, 5.41) is 0.451. The van der Waals surface area contributed by atoms with Crippen molar-refractivity contribution in [2.75, 3.05) is 25.6 Å². The van der Waals surface area contributed by atoms with Crippen LogP contribution < -0.4 is 5.73 Å². The van der Waals surface area contributed by atoms with Gasteiger partial charge in [-0.15, -0.1) is 0 Å². The lowest BCUT2D eigenvalue weighted by molar-refractivity contribution is 0.0278. The van der Waals surface area contributed by atoms with Crippen LogP contribution in [0.15, 0.2) is 18.2 Å². The molecule has 0 fully saturated rings. The van der Waals surface area contributed by atoms with Gasteiger partial charge in [0, 0.05) is 17.3 Å². The van der Waals surface area contributed by atoms with Crippen molar-refractivity contribution in [2.24, 2.45) is 5.92 Å². The van der Waals surface area contributed by atoms with Gasteiger partial charge in [0.05, 0.1) is 12.2 Å². The largest absolute Gasteiger partial charge is 0.460 e. The molecule has 4 nitrogen and oxygen atoms in total. The fourth-order valence-corrected chi connectivity index (χ4v) is 1.47. The number of carbonyl (C=O) groups excluding carboxylic acids is 1. The zero-order valence-electron chi connectivity index (χ0n) is 10.6. The number of rotatable bonds is 6. The van der Waals surface area contributed by atoms with Crippen LogP contribution in [0.25, 0.3) is 0 Å². The molecule has 0 heterocycles. The Morgan fingerprint density at radius 1 is 1.39 bits per heavy atom. The highest BCUT2D eigenvalue weighted by Gasteiger charge is 2.11. The van der Waals surface area contributed by atoms with E-state index in [4.69, 9.17) is 26.8 Å². The zero-order chi connectivity index (χ0) is 13.5. The Labute approximate surface area is 112 Å². The second-order valence-corrected chi connectivity index (χ2v) is 4.77. The second-order valence-electron chi connectivity index (χ2n) is 4.34. The molecule has 2 N–H and O–H groups in total. The minimum absolute atomic E-state index is 0.206. The highest BCUT2D eigenvalue weighted by atomic mass is 35.5. The summed E-state index contributed by atoms with van der Waals surface area (Å²) in [6, 6.07) is 4.70. The quantitative estimate of drug-likeness (QED) is 0.491. The number of ether oxygens (including phenoxy) is 2. The second kappa shape index (κ2) is 7.24. The standard InChI is InChI=1S/C13H18ClNO3/c1-9(2)8-17-5-6-18-13(16)11-7-10(14)3-4-12(11)15/h3-4,7,9H,5-6,8,15H2,1-2H3. The molecule has 0 aliphatic rings. The third-order valence-corrected chi connectivity index (χ3v) is 2.38. The van der Waals surface area contributed by atoms with Crippen LogP contribution in [0.5, 0.6) is 0 Å². The Kier molecular flexibility index (Phi) is 5.95. The molecule has 1 aromatic rings. The molecule has 0 aliphatic carbocycles. The fraction of sp³-hybridized carbons (Fsp3) is 0.462. The molecule has 5 heteroatoms. The number of carbonyl (C=O) groups is 1. The predicted octanol–water partition coefficient (Wildman–Crippen LogP) is 2.75. The molecule has 1 rings (SSSR count). The monoisotopic (exact) mass is 271 g/mol. The Bertz CT molecular complexity index is 407. The van der Waals surface area contributed by atoms with Gasteiger partial charge in [-0.3, -0.25) is 0 Å². The summed E-state index contributed by atoms with van der Waals surface area (Å²) in [6.07, 6.45) is 0. The van der Waals surface area contributed by atoms with Crippen molar-refractivity contribution in [1.82, 2.24) is 0 Å². The summed E-state index contributed by atoms with van der Waals surface area (Å²) in [5.74, 6) is -0.0209. The lowest BCUT2D eigenvalue weighted by Gasteiger charge is -2.09. The molecule has 0 saturated carbocycles. The highest BCUT2D eigenvalue weighted by molar-refractivity contribution is 6.31. The molecule has 1 aromatic carbocycles. The third kappa shape index (κ3) is 4.94. The number of benzene rings is 1. The van der Waals surface area contributed by atoms with Crippen LogP contribution in [-0.2, 0) is 9.47 Å². The van der Waals surface area contributed by atoms with E-state index >= 15 is 0 Å². The SMILES string of the molecule is CC(C)COCCOC(=O)c1cc(Cl)ccc1N. The lowest BCUT2D eigenvalue weighted by Crippen LogP contribution is -2.14. The summed E-state index contributed by atoms with van der Waals surface area (Å²) in [7, 11) is 0. The van der Waals surface area contributed by atoms with Crippen molar-refractivity contribution in [3.63, 3.8) is 0 Å². The molecular formula is C13H18ClNO3. The molecule has 0 radical (unpaired) electrons. The van der Waals surface area contributed by atoms with Gasteiger partial charge in [-0.2, -0.15) is 0 Å². The summed E-state index contributed by atoms with van der Waals surface area (Å²) in [4.78, 5) is 11.7. The number of halogens is 1. The van der Waals surface area contributed by atoms with E-state index in [-0.39, 0.29) is 12.2 Å². The van der Waals surface area contributed by atoms with E-state index in [1.165, 1.54) is 6.07 Å². The van der Waals surface area contributed by atoms with Crippen molar-refractivity contribution < 1.29 is 14.3 Å². The maximum atomic E-state index is 11.7. The van der Waals surface area contributed by atoms with E-state index in [0.29, 0.717) is 29.8 Å². The van der Waals surface area contributed by atoms with Crippen molar-refractivity contribution in [1.29, 1.82) is 0 Å². The first kappa shape index (κ1) is 14.8. The zero-order valence-corrected chi connectivity index (χ0v) is 11.4. The van der Waals surface area contributed by atoms with Crippen LogP contribution >= 0.6 is 11.6 Å². The van der Waals surface area contributed by atoms with E-state index < -0.39 is 5.97 Å². The van der Waals surface area contributed by atoms with Gasteiger partial charge >= 0.3 is 5.97 Å². The van der Waals surface area contributed by atoms with E-state index in [1.807, 2.05) is 0 Å². The summed E-state index contributed by atoms with van der Waals surface area (Å²) >= 11 is 5.79. The van der Waals surface area contributed by atoms with Gasteiger partial charge in [-0.05, 0) is 24.1 Å². The molecular weight excluding hydrogens is 254 g/mol. The molecule has 0 aromatic heterocycles. The van der Waals surface area contributed by atoms with Crippen molar-refractivity contribution >= 4 is 23.3 Å². The van der Waals surface area contributed by atoms with Crippen LogP contribution in [0.3, 0.4) is 0 Å². The van der Waals surface area contributed by atoms with Gasteiger partial charge < -0.3 is 15.2 Å². The average Bonchev–Trinajstić information content (AvgIpc) is 2.31. The van der Waals surface area contributed by atoms with Gasteiger partial charge in [0.25, 0.3) is 0 Å². The first-order chi connectivity index (χ1) is 8.50. The minimum atomic E-state index is -0.483. The van der Waals surface area contributed by atoms with E-state index in [1.54, 1.807) is 12.1 Å². The fourth-order valence-electron chi connectivity index (χ4n) is 1.30. The predicted molar refractivity (Wildman–Crippen MR) is 71.8 cm³/mol. The lowest BCUT2D eigenvalue weighted by atomic mass is 10.2. The summed E-state index contributed by atoms with van der Waals surface area (Å²) in [5.41, 5.74) is 6.31. The molecule has 0 bridgehead atoms. The van der Waals surface area contributed by atoms with Gasteiger partial charge in [-0.25, -0.2) is 4.79 Å². The highest BCUT2D eigenvalue weighted by Crippen LogP contribution is 2.18. The number of nitrogen functional groups attached to an aromatic ring is 1. The van der Waals surface area contributed by atoms with Crippen LogP contribution in [0, 0.1) is 5.92 Å². The number of hydrogen-bond acceptors (Lipinski definition) is 4. The molecule has 0 amide bonds. The Hall–Kier alpha value is -1.26. The third-order valence-electron chi connectivity index (χ3n) is 2.15. The first-order valence-electron chi connectivity index (χ1n) is 5.80. The smallest absolute Gasteiger partial charge is 0.340 e. The minimum Gasteiger partial charge on any atom is -0.460 e. The van der Waals surface area contributed by atoms with E-state index in [0.717, 1.165) is 0 Å². The Morgan fingerprint density at radius 2 is 2.11 bits per heavy atom. The number of nitrogens with two attached hydrogens (primary N) is 1. The van der Waals surface area contributed by atoms with Crippen molar-refractivity contribution in [2.45, 2.75) is 13.8 Å². The number of esters is 1. The summed E-state index contributed by atoms with van der Waals surface area (Å²) < 4.78 is 10.3. The molecule has 0 atom stereocenters. The van der Waals surface area contributed by atoms with Crippen LogP contribution in [0.2, 0.25) is 5.02 Å². The van der Waals surface area contributed by atoms with Gasteiger partial charge in [-0.1, -0.05) is 25.4 Å². The molecule has 0 unspecified atom stereocenters. The van der Waals surface area contributed by atoms with Gasteiger partial charge in [0.15, 0.2) is 0 Å². The number of anilines is 1.